The topological polar surface area (TPSA) is 29.1 Å². The minimum absolute atomic E-state index is 0.0181. The van der Waals surface area contributed by atoms with Crippen molar-refractivity contribution in [3.05, 3.63) is 28.8 Å². The third-order valence-electron chi connectivity index (χ3n) is 2.55. The van der Waals surface area contributed by atoms with Crippen LogP contribution in [0.4, 0.5) is 5.69 Å². The molecule has 2 heteroatoms. The largest absolute Gasteiger partial charge is 0.375 e. The van der Waals surface area contributed by atoms with Crippen molar-refractivity contribution in [3.8, 4) is 0 Å². The van der Waals surface area contributed by atoms with Crippen LogP contribution in [0.3, 0.4) is 0 Å². The number of nitrogens with one attached hydrogen (secondary N) is 1. The SMILES string of the molecule is Cc1cc(C)c2c(c1)NC(C=O)C2. The molecule has 1 heterocycles. The van der Waals surface area contributed by atoms with Gasteiger partial charge in [0, 0.05) is 12.1 Å². The van der Waals surface area contributed by atoms with E-state index in [9.17, 15) is 4.79 Å². The summed E-state index contributed by atoms with van der Waals surface area (Å²) < 4.78 is 0. The molecule has 68 valence electrons. The molecule has 0 bridgehead atoms. The second-order valence-corrected chi connectivity index (χ2v) is 3.70. The number of hydrogen-bond donors (Lipinski definition) is 1. The number of aryl methyl sites for hydroxylation is 2. The van der Waals surface area contributed by atoms with Crippen molar-refractivity contribution in [2.45, 2.75) is 26.3 Å². The molecule has 1 aliphatic rings. The molecular weight excluding hydrogens is 162 g/mol. The first-order valence-electron chi connectivity index (χ1n) is 4.52. The highest BCUT2D eigenvalue weighted by Gasteiger charge is 2.21. The predicted molar refractivity (Wildman–Crippen MR) is 53.1 cm³/mol. The second-order valence-electron chi connectivity index (χ2n) is 3.70. The van der Waals surface area contributed by atoms with Gasteiger partial charge in [0.15, 0.2) is 0 Å². The molecule has 1 atom stereocenters. The van der Waals surface area contributed by atoms with E-state index in [1.165, 1.54) is 16.7 Å². The van der Waals surface area contributed by atoms with Gasteiger partial charge in [-0.05, 0) is 36.6 Å². The maximum atomic E-state index is 10.6. The fraction of sp³-hybridized carbons (Fsp3) is 0.364. The number of benzene rings is 1. The maximum absolute atomic E-state index is 10.6. The van der Waals surface area contributed by atoms with E-state index in [0.717, 1.165) is 18.4 Å². The second kappa shape index (κ2) is 2.87. The highest BCUT2D eigenvalue weighted by atomic mass is 16.1. The molecule has 13 heavy (non-hydrogen) atoms. The van der Waals surface area contributed by atoms with Gasteiger partial charge in [0.25, 0.3) is 0 Å². The Balaban J connectivity index is 2.45. The fourth-order valence-corrected chi connectivity index (χ4v) is 1.95. The minimum atomic E-state index is -0.0181. The number of carbonyl (C=O) groups excluding carboxylic acids is 1. The first-order valence-corrected chi connectivity index (χ1v) is 4.52. The summed E-state index contributed by atoms with van der Waals surface area (Å²) in [5.74, 6) is 0. The van der Waals surface area contributed by atoms with E-state index in [4.69, 9.17) is 0 Å². The molecule has 1 unspecified atom stereocenters. The van der Waals surface area contributed by atoms with E-state index >= 15 is 0 Å². The summed E-state index contributed by atoms with van der Waals surface area (Å²) in [6.07, 6.45) is 1.82. The lowest BCUT2D eigenvalue weighted by Gasteiger charge is -2.04. The highest BCUT2D eigenvalue weighted by Crippen LogP contribution is 2.29. The van der Waals surface area contributed by atoms with E-state index in [1.807, 2.05) is 0 Å². The average Bonchev–Trinajstić information content (AvgIpc) is 2.47. The van der Waals surface area contributed by atoms with Crippen molar-refractivity contribution in [3.63, 3.8) is 0 Å². The van der Waals surface area contributed by atoms with Gasteiger partial charge in [-0.2, -0.15) is 0 Å². The highest BCUT2D eigenvalue weighted by molar-refractivity contribution is 5.73. The third kappa shape index (κ3) is 1.32. The summed E-state index contributed by atoms with van der Waals surface area (Å²) >= 11 is 0. The van der Waals surface area contributed by atoms with Gasteiger partial charge in [-0.3, -0.25) is 0 Å². The average molecular weight is 175 g/mol. The van der Waals surface area contributed by atoms with Gasteiger partial charge in [-0.1, -0.05) is 6.07 Å². The lowest BCUT2D eigenvalue weighted by Crippen LogP contribution is -2.16. The van der Waals surface area contributed by atoms with Crippen molar-refractivity contribution in [1.29, 1.82) is 0 Å². The molecule has 0 amide bonds. The third-order valence-corrected chi connectivity index (χ3v) is 2.55. The van der Waals surface area contributed by atoms with E-state index in [0.29, 0.717) is 0 Å². The Kier molecular flexibility index (Phi) is 1.83. The van der Waals surface area contributed by atoms with Crippen LogP contribution in [0.15, 0.2) is 12.1 Å². The van der Waals surface area contributed by atoms with Gasteiger partial charge in [0.2, 0.25) is 0 Å². The molecule has 1 N–H and O–H groups in total. The van der Waals surface area contributed by atoms with E-state index < -0.39 is 0 Å². The minimum Gasteiger partial charge on any atom is -0.375 e. The van der Waals surface area contributed by atoms with Crippen LogP contribution in [0.5, 0.6) is 0 Å². The molecule has 0 radical (unpaired) electrons. The van der Waals surface area contributed by atoms with Gasteiger partial charge in [-0.25, -0.2) is 0 Å². The number of rotatable bonds is 1. The van der Waals surface area contributed by atoms with Gasteiger partial charge < -0.3 is 10.1 Å². The number of hydrogen-bond acceptors (Lipinski definition) is 2. The lowest BCUT2D eigenvalue weighted by molar-refractivity contribution is -0.108. The molecule has 0 aliphatic carbocycles. The maximum Gasteiger partial charge on any atom is 0.142 e. The Labute approximate surface area is 78.0 Å². The molecule has 0 fully saturated rings. The Hall–Kier alpha value is -1.31. The van der Waals surface area contributed by atoms with Crippen molar-refractivity contribution in [2.75, 3.05) is 5.32 Å². The molecule has 2 nitrogen and oxygen atoms in total. The molecule has 1 aromatic carbocycles. The van der Waals surface area contributed by atoms with Crippen LogP contribution in [0.2, 0.25) is 0 Å². The normalized spacial score (nSPS) is 19.4. The Bertz CT molecular complexity index is 357. The van der Waals surface area contributed by atoms with Crippen LogP contribution in [-0.2, 0) is 11.2 Å². The molecular formula is C11H13NO. The van der Waals surface area contributed by atoms with Crippen LogP contribution in [-0.4, -0.2) is 12.3 Å². The van der Waals surface area contributed by atoms with Gasteiger partial charge in [0.1, 0.15) is 6.29 Å². The lowest BCUT2D eigenvalue weighted by atomic mass is 10.0. The number of anilines is 1. The summed E-state index contributed by atoms with van der Waals surface area (Å²) in [6, 6.07) is 4.25. The van der Waals surface area contributed by atoms with Crippen molar-refractivity contribution in [2.24, 2.45) is 0 Å². The Morgan fingerprint density at radius 1 is 1.46 bits per heavy atom. The molecule has 0 saturated carbocycles. The van der Waals surface area contributed by atoms with Crippen LogP contribution >= 0.6 is 0 Å². The smallest absolute Gasteiger partial charge is 0.142 e. The van der Waals surface area contributed by atoms with Crippen LogP contribution in [0, 0.1) is 13.8 Å². The first kappa shape index (κ1) is 8.30. The molecule has 0 spiro atoms. The fourth-order valence-electron chi connectivity index (χ4n) is 1.95. The van der Waals surface area contributed by atoms with Gasteiger partial charge in [0.05, 0.1) is 6.04 Å². The Morgan fingerprint density at radius 2 is 2.23 bits per heavy atom. The van der Waals surface area contributed by atoms with E-state index in [1.54, 1.807) is 0 Å². The molecule has 1 aliphatic heterocycles. The zero-order chi connectivity index (χ0) is 9.42. The van der Waals surface area contributed by atoms with Crippen molar-refractivity contribution >= 4 is 12.0 Å². The predicted octanol–water partition coefficient (Wildman–Crippen LogP) is 1.84. The standard InChI is InChI=1S/C11H13NO/c1-7-3-8(2)10-5-9(6-13)12-11(10)4-7/h3-4,6,9,12H,5H2,1-2H3. The van der Waals surface area contributed by atoms with Crippen LogP contribution in [0.1, 0.15) is 16.7 Å². The van der Waals surface area contributed by atoms with Gasteiger partial charge >= 0.3 is 0 Å². The number of fused-ring (bicyclic) bond motifs is 1. The van der Waals surface area contributed by atoms with Crippen molar-refractivity contribution < 1.29 is 4.79 Å². The van der Waals surface area contributed by atoms with Gasteiger partial charge in [-0.15, -0.1) is 0 Å². The molecule has 0 aromatic heterocycles. The Morgan fingerprint density at radius 3 is 2.92 bits per heavy atom. The summed E-state index contributed by atoms with van der Waals surface area (Å²) in [7, 11) is 0. The summed E-state index contributed by atoms with van der Waals surface area (Å²) in [6.45, 7) is 4.17. The molecule has 1 aromatic rings. The van der Waals surface area contributed by atoms with Crippen LogP contribution in [0.25, 0.3) is 0 Å². The first-order chi connectivity index (χ1) is 6.20. The molecule has 2 rings (SSSR count). The van der Waals surface area contributed by atoms with E-state index in [2.05, 4.69) is 31.3 Å². The zero-order valence-corrected chi connectivity index (χ0v) is 7.92. The number of aldehydes is 1. The quantitative estimate of drug-likeness (QED) is 0.660. The van der Waals surface area contributed by atoms with Crippen molar-refractivity contribution in [1.82, 2.24) is 0 Å². The summed E-state index contributed by atoms with van der Waals surface area (Å²) in [5.41, 5.74) is 4.96. The number of carbonyl (C=O) groups is 1. The zero-order valence-electron chi connectivity index (χ0n) is 7.92. The van der Waals surface area contributed by atoms with E-state index in [-0.39, 0.29) is 6.04 Å². The monoisotopic (exact) mass is 175 g/mol. The summed E-state index contributed by atoms with van der Waals surface area (Å²) in [5, 5.41) is 3.20. The summed E-state index contributed by atoms with van der Waals surface area (Å²) in [4.78, 5) is 10.6. The molecule has 0 saturated heterocycles. The van der Waals surface area contributed by atoms with Crippen LogP contribution < -0.4 is 5.32 Å².